The molecule has 5 nitrogen and oxygen atoms in total. The number of thiazole rings is 1. The molecule has 0 radical (unpaired) electrons. The molecule has 25 heavy (non-hydrogen) atoms. The Labute approximate surface area is 159 Å². The summed E-state index contributed by atoms with van der Waals surface area (Å²) in [6, 6.07) is 10.0. The van der Waals surface area contributed by atoms with Gasteiger partial charge in [-0.2, -0.15) is 0 Å². The Morgan fingerprint density at radius 3 is 2.72 bits per heavy atom. The molecule has 2 rings (SSSR count). The Bertz CT molecular complexity index is 622. The van der Waals surface area contributed by atoms with Crippen molar-refractivity contribution in [3.8, 4) is 0 Å². The van der Waals surface area contributed by atoms with Gasteiger partial charge in [0.25, 0.3) is 5.91 Å². The van der Waals surface area contributed by atoms with Crippen LogP contribution in [0.1, 0.15) is 33.9 Å². The number of carbonyl (C=O) groups excluding carboxylic acids is 1. The number of nitrogens with zero attached hydrogens (tertiary/aromatic N) is 2. The molecule has 1 aromatic heterocycles. The second-order valence-corrected chi connectivity index (χ2v) is 6.52. The first-order valence-corrected chi connectivity index (χ1v) is 9.09. The molecule has 0 saturated carbocycles. The summed E-state index contributed by atoms with van der Waals surface area (Å²) in [6.45, 7) is 2.55. The molecule has 0 fully saturated rings. The monoisotopic (exact) mass is 383 g/mol. The van der Waals surface area contributed by atoms with E-state index in [1.54, 1.807) is 7.11 Å². The van der Waals surface area contributed by atoms with Crippen LogP contribution in [-0.4, -0.2) is 42.6 Å². The summed E-state index contributed by atoms with van der Waals surface area (Å²) in [5.74, 6) is -0.0178. The van der Waals surface area contributed by atoms with Crippen molar-refractivity contribution in [2.75, 3.05) is 26.8 Å². The zero-order chi connectivity index (χ0) is 17.2. The molecule has 0 bridgehead atoms. The number of aromatic nitrogens is 1. The number of methoxy groups -OCH3 is 1. The van der Waals surface area contributed by atoms with Crippen LogP contribution in [0.4, 0.5) is 0 Å². The van der Waals surface area contributed by atoms with E-state index in [-0.39, 0.29) is 18.3 Å². The van der Waals surface area contributed by atoms with Crippen LogP contribution < -0.4 is 5.73 Å². The Hall–Kier alpha value is -1.47. The molecular formula is C18H26ClN3O2S. The molecule has 2 N–H and O–H groups in total. The van der Waals surface area contributed by atoms with Gasteiger partial charge in [0, 0.05) is 38.6 Å². The third-order valence-electron chi connectivity index (χ3n) is 3.66. The average Bonchev–Trinajstić information content (AvgIpc) is 3.07. The van der Waals surface area contributed by atoms with E-state index in [9.17, 15) is 4.79 Å². The van der Waals surface area contributed by atoms with Gasteiger partial charge in [-0.05, 0) is 24.9 Å². The molecule has 138 valence electrons. The summed E-state index contributed by atoms with van der Waals surface area (Å²) >= 11 is 1.50. The normalized spacial score (nSPS) is 10.3. The molecule has 0 atom stereocenters. The lowest BCUT2D eigenvalue weighted by Gasteiger charge is -2.22. The van der Waals surface area contributed by atoms with Crippen LogP contribution in [-0.2, 0) is 17.7 Å². The molecular weight excluding hydrogens is 358 g/mol. The maximum absolute atomic E-state index is 12.8. The fourth-order valence-electron chi connectivity index (χ4n) is 2.41. The van der Waals surface area contributed by atoms with Crippen molar-refractivity contribution in [1.82, 2.24) is 9.88 Å². The number of hydrogen-bond donors (Lipinski definition) is 1. The van der Waals surface area contributed by atoms with Gasteiger partial charge in [-0.1, -0.05) is 30.3 Å². The molecule has 2 aromatic rings. The predicted molar refractivity (Wildman–Crippen MR) is 104 cm³/mol. The number of unbranched alkanes of at least 4 members (excludes halogenated alkanes) is 1. The average molecular weight is 384 g/mol. The van der Waals surface area contributed by atoms with E-state index in [4.69, 9.17) is 10.5 Å². The summed E-state index contributed by atoms with van der Waals surface area (Å²) in [5, 5.41) is 2.75. The van der Waals surface area contributed by atoms with Crippen molar-refractivity contribution < 1.29 is 9.53 Å². The third kappa shape index (κ3) is 7.12. The number of benzene rings is 1. The van der Waals surface area contributed by atoms with E-state index in [1.807, 2.05) is 40.6 Å². The van der Waals surface area contributed by atoms with E-state index in [0.29, 0.717) is 38.4 Å². The Morgan fingerprint density at radius 2 is 2.04 bits per heavy atom. The largest absolute Gasteiger partial charge is 0.385 e. The molecule has 0 saturated heterocycles. The van der Waals surface area contributed by atoms with Crippen molar-refractivity contribution in [2.45, 2.75) is 25.8 Å². The van der Waals surface area contributed by atoms with E-state index >= 15 is 0 Å². The Kier molecular flexibility index (Phi) is 10.3. The second-order valence-electron chi connectivity index (χ2n) is 5.58. The lowest BCUT2D eigenvalue weighted by atomic mass is 10.2. The molecule has 0 spiro atoms. The van der Waals surface area contributed by atoms with E-state index < -0.39 is 0 Å². The van der Waals surface area contributed by atoms with Crippen LogP contribution in [0.3, 0.4) is 0 Å². The molecule has 0 unspecified atom stereocenters. The van der Waals surface area contributed by atoms with Gasteiger partial charge >= 0.3 is 0 Å². The van der Waals surface area contributed by atoms with Crippen LogP contribution in [0, 0.1) is 0 Å². The number of ether oxygens (including phenoxy) is 1. The lowest BCUT2D eigenvalue weighted by molar-refractivity contribution is 0.0729. The van der Waals surface area contributed by atoms with Crippen molar-refractivity contribution in [2.24, 2.45) is 5.73 Å². The maximum Gasteiger partial charge on any atom is 0.273 e. The van der Waals surface area contributed by atoms with Crippen molar-refractivity contribution in [1.29, 1.82) is 0 Å². The van der Waals surface area contributed by atoms with Crippen LogP contribution in [0.15, 0.2) is 35.7 Å². The summed E-state index contributed by atoms with van der Waals surface area (Å²) in [5.41, 5.74) is 7.20. The minimum atomic E-state index is -0.0178. The summed E-state index contributed by atoms with van der Waals surface area (Å²) in [6.07, 6.45) is 2.56. The quantitative estimate of drug-likeness (QED) is 0.640. The number of hydrogen-bond acceptors (Lipinski definition) is 5. The summed E-state index contributed by atoms with van der Waals surface area (Å²) < 4.78 is 5.09. The second kappa shape index (κ2) is 12.0. The number of rotatable bonds is 10. The Balaban J connectivity index is 0.00000312. The maximum atomic E-state index is 12.8. The van der Waals surface area contributed by atoms with E-state index in [0.717, 1.165) is 23.4 Å². The highest BCUT2D eigenvalue weighted by Crippen LogP contribution is 2.15. The van der Waals surface area contributed by atoms with Gasteiger partial charge in [0.15, 0.2) is 0 Å². The minimum absolute atomic E-state index is 0. The van der Waals surface area contributed by atoms with Crippen LogP contribution in [0.2, 0.25) is 0 Å². The summed E-state index contributed by atoms with van der Waals surface area (Å²) in [7, 11) is 1.70. The van der Waals surface area contributed by atoms with Gasteiger partial charge in [-0.15, -0.1) is 23.7 Å². The number of halogens is 1. The Morgan fingerprint density at radius 1 is 1.28 bits per heavy atom. The SMILES string of the molecule is COCCCCN(Cc1ccccc1)C(=O)c1csc(CCN)n1.Cl. The molecule has 1 heterocycles. The first-order valence-electron chi connectivity index (χ1n) is 8.21. The molecule has 0 aliphatic carbocycles. The van der Waals surface area contributed by atoms with Gasteiger partial charge in [-0.25, -0.2) is 4.98 Å². The van der Waals surface area contributed by atoms with E-state index in [2.05, 4.69) is 4.98 Å². The van der Waals surface area contributed by atoms with Gasteiger partial charge in [-0.3, -0.25) is 4.79 Å². The topological polar surface area (TPSA) is 68.5 Å². The first-order chi connectivity index (χ1) is 11.7. The number of amides is 1. The molecule has 1 aromatic carbocycles. The molecule has 7 heteroatoms. The highest BCUT2D eigenvalue weighted by molar-refractivity contribution is 7.09. The van der Waals surface area contributed by atoms with Crippen LogP contribution in [0.5, 0.6) is 0 Å². The minimum Gasteiger partial charge on any atom is -0.385 e. The molecule has 0 aliphatic heterocycles. The fourth-order valence-corrected chi connectivity index (χ4v) is 3.20. The highest BCUT2D eigenvalue weighted by Gasteiger charge is 2.18. The van der Waals surface area contributed by atoms with Crippen LogP contribution in [0.25, 0.3) is 0 Å². The fraction of sp³-hybridized carbons (Fsp3) is 0.444. The first kappa shape index (κ1) is 21.6. The van der Waals surface area contributed by atoms with Crippen molar-refractivity contribution in [3.05, 3.63) is 52.0 Å². The smallest absolute Gasteiger partial charge is 0.273 e. The predicted octanol–water partition coefficient (Wildman–Crippen LogP) is 3.14. The third-order valence-corrected chi connectivity index (χ3v) is 4.57. The highest BCUT2D eigenvalue weighted by atomic mass is 35.5. The summed E-state index contributed by atoms with van der Waals surface area (Å²) in [4.78, 5) is 19.1. The van der Waals surface area contributed by atoms with Gasteiger partial charge in [0.2, 0.25) is 0 Å². The van der Waals surface area contributed by atoms with Crippen molar-refractivity contribution in [3.63, 3.8) is 0 Å². The number of nitrogens with two attached hydrogens (primary N) is 1. The van der Waals surface area contributed by atoms with Gasteiger partial charge in [0.1, 0.15) is 5.69 Å². The molecule has 0 aliphatic rings. The van der Waals surface area contributed by atoms with Crippen LogP contribution >= 0.6 is 23.7 Å². The van der Waals surface area contributed by atoms with Gasteiger partial charge < -0.3 is 15.4 Å². The van der Waals surface area contributed by atoms with E-state index in [1.165, 1.54) is 11.3 Å². The zero-order valence-corrected chi connectivity index (χ0v) is 16.2. The van der Waals surface area contributed by atoms with Crippen molar-refractivity contribution >= 4 is 29.7 Å². The lowest BCUT2D eigenvalue weighted by Crippen LogP contribution is -2.32. The number of carbonyl (C=O) groups is 1. The zero-order valence-electron chi connectivity index (χ0n) is 14.5. The van der Waals surface area contributed by atoms with Gasteiger partial charge in [0.05, 0.1) is 5.01 Å². The standard InChI is InChI=1S/C18H25N3O2S.ClH/c1-23-12-6-5-11-21(13-15-7-3-2-4-8-15)18(22)16-14-24-17(20-16)9-10-19;/h2-4,7-8,14H,5-6,9-13,19H2,1H3;1H. The molecule has 1 amide bonds.